The minimum absolute atomic E-state index is 0.448. The van der Waals surface area contributed by atoms with Crippen molar-refractivity contribution in [3.05, 3.63) is 11.8 Å². The van der Waals surface area contributed by atoms with Crippen LogP contribution in [0.1, 0.15) is 5.56 Å². The molecule has 1 saturated heterocycles. The lowest BCUT2D eigenvalue weighted by Gasteiger charge is -2.31. The van der Waals surface area contributed by atoms with Crippen LogP contribution in [0, 0.1) is 0 Å². The predicted molar refractivity (Wildman–Crippen MR) is 53.7 cm³/mol. The van der Waals surface area contributed by atoms with Gasteiger partial charge in [0.2, 0.25) is 5.88 Å². The molecule has 1 aromatic heterocycles. The fraction of sp³-hybridized carbons (Fsp3) is 0.667. The Bertz CT molecular complexity index is 291. The molecular formula is C9H16N4O. The third kappa shape index (κ3) is 2.05. The molecule has 0 unspecified atom stereocenters. The van der Waals surface area contributed by atoms with Gasteiger partial charge in [0.25, 0.3) is 0 Å². The number of hydrogen-bond donors (Lipinski definition) is 1. The van der Waals surface area contributed by atoms with Gasteiger partial charge in [0, 0.05) is 32.7 Å². The van der Waals surface area contributed by atoms with Gasteiger partial charge in [-0.2, -0.15) is 0 Å². The lowest BCUT2D eigenvalue weighted by molar-refractivity contribution is 0.148. The molecule has 14 heavy (non-hydrogen) atoms. The SMILES string of the molecule is CN1CCN(Cc2cnoc2N)CC1. The van der Waals surface area contributed by atoms with E-state index in [2.05, 4.69) is 22.0 Å². The summed E-state index contributed by atoms with van der Waals surface area (Å²) in [4.78, 5) is 4.69. The average Bonchev–Trinajstić information content (AvgIpc) is 2.56. The van der Waals surface area contributed by atoms with Gasteiger partial charge in [0.15, 0.2) is 0 Å². The molecule has 0 saturated carbocycles. The normalized spacial score (nSPS) is 20.1. The van der Waals surface area contributed by atoms with E-state index in [0.717, 1.165) is 38.3 Å². The van der Waals surface area contributed by atoms with E-state index in [1.807, 2.05) is 0 Å². The molecule has 5 heteroatoms. The quantitative estimate of drug-likeness (QED) is 0.721. The summed E-state index contributed by atoms with van der Waals surface area (Å²) in [5.74, 6) is 0.448. The number of nitrogens with zero attached hydrogens (tertiary/aromatic N) is 3. The number of rotatable bonds is 2. The summed E-state index contributed by atoms with van der Waals surface area (Å²) in [7, 11) is 2.14. The van der Waals surface area contributed by atoms with E-state index in [4.69, 9.17) is 10.3 Å². The van der Waals surface area contributed by atoms with Gasteiger partial charge in [0.1, 0.15) is 0 Å². The lowest BCUT2D eigenvalue weighted by atomic mass is 10.2. The number of hydrogen-bond acceptors (Lipinski definition) is 5. The molecule has 0 aliphatic carbocycles. The van der Waals surface area contributed by atoms with Crippen LogP contribution in [0.5, 0.6) is 0 Å². The molecule has 0 bridgehead atoms. The summed E-state index contributed by atoms with van der Waals surface area (Å²) >= 11 is 0. The van der Waals surface area contributed by atoms with E-state index in [0.29, 0.717) is 5.88 Å². The van der Waals surface area contributed by atoms with E-state index in [-0.39, 0.29) is 0 Å². The zero-order valence-corrected chi connectivity index (χ0v) is 8.44. The molecule has 1 aliphatic rings. The molecule has 78 valence electrons. The fourth-order valence-corrected chi connectivity index (χ4v) is 1.63. The van der Waals surface area contributed by atoms with Gasteiger partial charge in [-0.05, 0) is 7.05 Å². The summed E-state index contributed by atoms with van der Waals surface area (Å²) in [6.07, 6.45) is 1.70. The maximum absolute atomic E-state index is 5.62. The zero-order chi connectivity index (χ0) is 9.97. The van der Waals surface area contributed by atoms with Crippen molar-refractivity contribution in [2.45, 2.75) is 6.54 Å². The smallest absolute Gasteiger partial charge is 0.226 e. The van der Waals surface area contributed by atoms with Crippen LogP contribution >= 0.6 is 0 Å². The van der Waals surface area contributed by atoms with Crippen LogP contribution in [0.2, 0.25) is 0 Å². The van der Waals surface area contributed by atoms with Gasteiger partial charge < -0.3 is 15.2 Å². The van der Waals surface area contributed by atoms with Gasteiger partial charge in [0.05, 0.1) is 11.8 Å². The lowest BCUT2D eigenvalue weighted by Crippen LogP contribution is -2.43. The fourth-order valence-electron chi connectivity index (χ4n) is 1.63. The second-order valence-electron chi connectivity index (χ2n) is 3.79. The first-order valence-corrected chi connectivity index (χ1v) is 4.85. The third-order valence-corrected chi connectivity index (χ3v) is 2.67. The number of aromatic nitrogens is 1. The largest absolute Gasteiger partial charge is 0.367 e. The molecular weight excluding hydrogens is 180 g/mol. The maximum Gasteiger partial charge on any atom is 0.226 e. The highest BCUT2D eigenvalue weighted by atomic mass is 16.5. The number of anilines is 1. The van der Waals surface area contributed by atoms with E-state index in [9.17, 15) is 0 Å². The van der Waals surface area contributed by atoms with E-state index in [1.54, 1.807) is 6.20 Å². The highest BCUT2D eigenvalue weighted by molar-refractivity contribution is 5.32. The van der Waals surface area contributed by atoms with Crippen molar-refractivity contribution in [1.29, 1.82) is 0 Å². The van der Waals surface area contributed by atoms with Crippen LogP contribution in [-0.2, 0) is 6.54 Å². The van der Waals surface area contributed by atoms with Crippen molar-refractivity contribution in [1.82, 2.24) is 15.0 Å². The Kier molecular flexibility index (Phi) is 2.69. The topological polar surface area (TPSA) is 58.5 Å². The Labute approximate surface area is 83.4 Å². The highest BCUT2D eigenvalue weighted by Gasteiger charge is 2.15. The van der Waals surface area contributed by atoms with E-state index >= 15 is 0 Å². The summed E-state index contributed by atoms with van der Waals surface area (Å²) < 4.78 is 4.82. The second-order valence-corrected chi connectivity index (χ2v) is 3.79. The van der Waals surface area contributed by atoms with Gasteiger partial charge in [-0.3, -0.25) is 4.90 Å². The van der Waals surface area contributed by atoms with Crippen LogP contribution < -0.4 is 5.73 Å². The molecule has 0 amide bonds. The van der Waals surface area contributed by atoms with Crippen molar-refractivity contribution >= 4 is 5.88 Å². The summed E-state index contributed by atoms with van der Waals surface area (Å²) in [5.41, 5.74) is 6.61. The third-order valence-electron chi connectivity index (χ3n) is 2.67. The first kappa shape index (κ1) is 9.48. The van der Waals surface area contributed by atoms with Crippen LogP contribution in [0.3, 0.4) is 0 Å². The monoisotopic (exact) mass is 196 g/mol. The Hall–Kier alpha value is -1.07. The summed E-state index contributed by atoms with van der Waals surface area (Å²) in [6.45, 7) is 5.25. The summed E-state index contributed by atoms with van der Waals surface area (Å²) in [6, 6.07) is 0. The van der Waals surface area contributed by atoms with Crippen molar-refractivity contribution < 1.29 is 4.52 Å². The first-order chi connectivity index (χ1) is 6.75. The Balaban J connectivity index is 1.89. The number of nitrogen functional groups attached to an aromatic ring is 1. The molecule has 2 rings (SSSR count). The van der Waals surface area contributed by atoms with Gasteiger partial charge >= 0.3 is 0 Å². The van der Waals surface area contributed by atoms with Crippen LogP contribution in [-0.4, -0.2) is 48.2 Å². The Morgan fingerprint density at radius 1 is 1.43 bits per heavy atom. The van der Waals surface area contributed by atoms with Crippen molar-refractivity contribution in [2.75, 3.05) is 39.0 Å². The molecule has 1 fully saturated rings. The molecule has 2 heterocycles. The maximum atomic E-state index is 5.62. The van der Waals surface area contributed by atoms with Crippen LogP contribution in [0.25, 0.3) is 0 Å². The van der Waals surface area contributed by atoms with Gasteiger partial charge in [-0.1, -0.05) is 5.16 Å². The zero-order valence-electron chi connectivity index (χ0n) is 8.44. The van der Waals surface area contributed by atoms with Crippen molar-refractivity contribution in [3.63, 3.8) is 0 Å². The number of piperazine rings is 1. The van der Waals surface area contributed by atoms with Crippen LogP contribution in [0.15, 0.2) is 10.7 Å². The van der Waals surface area contributed by atoms with Gasteiger partial charge in [-0.25, -0.2) is 0 Å². The first-order valence-electron chi connectivity index (χ1n) is 4.85. The molecule has 1 aliphatic heterocycles. The van der Waals surface area contributed by atoms with E-state index < -0.39 is 0 Å². The minimum atomic E-state index is 0.448. The molecule has 5 nitrogen and oxygen atoms in total. The molecule has 0 radical (unpaired) electrons. The average molecular weight is 196 g/mol. The van der Waals surface area contributed by atoms with Crippen LogP contribution in [0.4, 0.5) is 5.88 Å². The molecule has 0 atom stereocenters. The number of likely N-dealkylation sites (N-methyl/N-ethyl adjacent to an activating group) is 1. The molecule has 0 spiro atoms. The Morgan fingerprint density at radius 2 is 2.14 bits per heavy atom. The summed E-state index contributed by atoms with van der Waals surface area (Å²) in [5, 5.41) is 3.67. The highest BCUT2D eigenvalue weighted by Crippen LogP contribution is 2.13. The molecule has 1 aromatic rings. The molecule has 2 N–H and O–H groups in total. The predicted octanol–water partition coefficient (Wildman–Crippen LogP) is 0.00420. The second kappa shape index (κ2) is 3.98. The standard InChI is InChI=1S/C9H16N4O/c1-12-2-4-13(5-3-12)7-8-6-11-14-9(8)10/h6H,2-5,7,10H2,1H3. The van der Waals surface area contributed by atoms with E-state index in [1.165, 1.54) is 0 Å². The van der Waals surface area contributed by atoms with Gasteiger partial charge in [-0.15, -0.1) is 0 Å². The van der Waals surface area contributed by atoms with Crippen molar-refractivity contribution in [2.24, 2.45) is 0 Å². The number of nitrogens with two attached hydrogens (primary N) is 1. The molecule has 0 aromatic carbocycles. The Morgan fingerprint density at radius 3 is 2.71 bits per heavy atom. The van der Waals surface area contributed by atoms with Crippen molar-refractivity contribution in [3.8, 4) is 0 Å². The minimum Gasteiger partial charge on any atom is -0.367 e.